The average molecular weight is 337 g/mol. The number of carbonyl (C=O) groups excluding carboxylic acids is 2. The van der Waals surface area contributed by atoms with Crippen LogP contribution in [0.3, 0.4) is 0 Å². The number of carbonyl (C=O) groups is 2. The maximum Gasteiger partial charge on any atom is 0.410 e. The summed E-state index contributed by atoms with van der Waals surface area (Å²) in [5, 5.41) is 6.68. The van der Waals surface area contributed by atoms with Crippen molar-refractivity contribution in [3.05, 3.63) is 11.8 Å². The van der Waals surface area contributed by atoms with E-state index in [0.717, 1.165) is 12.1 Å². The van der Waals surface area contributed by atoms with Crippen molar-refractivity contribution in [1.29, 1.82) is 0 Å². The highest BCUT2D eigenvalue weighted by atomic mass is 16.6. The molecule has 7 heteroatoms. The molecule has 134 valence electrons. The van der Waals surface area contributed by atoms with Gasteiger partial charge in [0.05, 0.1) is 5.69 Å². The van der Waals surface area contributed by atoms with Gasteiger partial charge in [-0.3, -0.25) is 15.0 Å². The van der Waals surface area contributed by atoms with Crippen LogP contribution in [0.2, 0.25) is 0 Å². The summed E-state index contributed by atoms with van der Waals surface area (Å²) in [5.74, 6) is 0.0101. The first-order valence-corrected chi connectivity index (χ1v) is 8.25. The van der Waals surface area contributed by atoms with Crippen LogP contribution in [0.15, 0.2) is 10.6 Å². The van der Waals surface area contributed by atoms with E-state index in [1.54, 1.807) is 26.8 Å². The van der Waals surface area contributed by atoms with E-state index in [-0.39, 0.29) is 11.3 Å². The molecule has 1 saturated heterocycles. The summed E-state index contributed by atoms with van der Waals surface area (Å²) in [6, 6.07) is 1.16. The van der Waals surface area contributed by atoms with Crippen LogP contribution in [0.4, 0.5) is 10.7 Å². The van der Waals surface area contributed by atoms with E-state index in [2.05, 4.69) is 10.5 Å². The molecule has 1 N–H and O–H groups in total. The number of amides is 2. The van der Waals surface area contributed by atoms with E-state index >= 15 is 0 Å². The Morgan fingerprint density at radius 3 is 2.50 bits per heavy atom. The quantitative estimate of drug-likeness (QED) is 0.895. The number of aromatic nitrogens is 1. The highest BCUT2D eigenvalue weighted by molar-refractivity contribution is 5.95. The maximum atomic E-state index is 12.5. The van der Waals surface area contributed by atoms with E-state index in [1.807, 2.05) is 20.8 Å². The summed E-state index contributed by atoms with van der Waals surface area (Å²) < 4.78 is 10.6. The number of hydrogen-bond acceptors (Lipinski definition) is 5. The Balaban J connectivity index is 2.03. The van der Waals surface area contributed by atoms with Crippen molar-refractivity contribution < 1.29 is 18.8 Å². The molecule has 0 radical (unpaired) electrons. The summed E-state index contributed by atoms with van der Waals surface area (Å²) in [7, 11) is 0. The predicted molar refractivity (Wildman–Crippen MR) is 89.8 cm³/mol. The van der Waals surface area contributed by atoms with Crippen molar-refractivity contribution in [3.63, 3.8) is 0 Å². The van der Waals surface area contributed by atoms with E-state index in [1.165, 1.54) is 4.90 Å². The lowest BCUT2D eigenvalue weighted by molar-refractivity contribution is -0.120. The van der Waals surface area contributed by atoms with Crippen molar-refractivity contribution in [1.82, 2.24) is 10.1 Å². The van der Waals surface area contributed by atoms with Gasteiger partial charge in [0.15, 0.2) is 0 Å². The van der Waals surface area contributed by atoms with Gasteiger partial charge in [0.25, 0.3) is 0 Å². The molecule has 0 unspecified atom stereocenters. The molecule has 24 heavy (non-hydrogen) atoms. The molecular weight excluding hydrogens is 310 g/mol. The number of nitrogens with zero attached hydrogens (tertiary/aromatic N) is 2. The van der Waals surface area contributed by atoms with E-state index in [0.29, 0.717) is 18.8 Å². The zero-order valence-electron chi connectivity index (χ0n) is 15.3. The van der Waals surface area contributed by atoms with Gasteiger partial charge in [-0.15, -0.1) is 0 Å². The van der Waals surface area contributed by atoms with Gasteiger partial charge in [0, 0.05) is 18.0 Å². The number of hydrogen-bond donors (Lipinski definition) is 1. The first-order chi connectivity index (χ1) is 11.0. The smallest absolute Gasteiger partial charge is 0.410 e. The lowest BCUT2D eigenvalue weighted by atomic mass is 9.92. The summed E-state index contributed by atoms with van der Waals surface area (Å²) in [5.41, 5.74) is 0.00327. The molecule has 2 heterocycles. The van der Waals surface area contributed by atoms with Crippen LogP contribution in [0.25, 0.3) is 0 Å². The molecule has 1 aliphatic heterocycles. The molecule has 0 saturated carbocycles. The van der Waals surface area contributed by atoms with Crippen molar-refractivity contribution in [3.8, 4) is 0 Å². The third-order valence-electron chi connectivity index (χ3n) is 3.71. The van der Waals surface area contributed by atoms with E-state index < -0.39 is 17.7 Å². The van der Waals surface area contributed by atoms with Crippen LogP contribution in [0.5, 0.6) is 0 Å². The number of likely N-dealkylation sites (tertiary alicyclic amines) is 1. The second kappa shape index (κ2) is 6.45. The Morgan fingerprint density at radius 1 is 1.29 bits per heavy atom. The van der Waals surface area contributed by atoms with Gasteiger partial charge >= 0.3 is 6.09 Å². The molecule has 7 nitrogen and oxygen atoms in total. The summed E-state index contributed by atoms with van der Waals surface area (Å²) in [6.45, 7) is 12.0. The average Bonchev–Trinajstić information content (AvgIpc) is 3.03. The molecule has 1 aromatic rings. The van der Waals surface area contributed by atoms with Gasteiger partial charge in [-0.2, -0.15) is 0 Å². The van der Waals surface area contributed by atoms with Gasteiger partial charge < -0.3 is 9.26 Å². The molecule has 0 aliphatic carbocycles. The fraction of sp³-hybridized carbons (Fsp3) is 0.706. The SMILES string of the molecule is CC(C)(C)OC(=O)N1CCC[C@H]1C(=O)Nc1cc(C(C)(C)C)no1. The van der Waals surface area contributed by atoms with Gasteiger partial charge in [-0.25, -0.2) is 4.79 Å². The number of nitrogens with one attached hydrogen (secondary N) is 1. The maximum absolute atomic E-state index is 12.5. The Morgan fingerprint density at radius 2 is 1.96 bits per heavy atom. The van der Waals surface area contributed by atoms with Crippen LogP contribution in [0, 0.1) is 0 Å². The minimum Gasteiger partial charge on any atom is -0.444 e. The zero-order chi connectivity index (χ0) is 18.1. The fourth-order valence-corrected chi connectivity index (χ4v) is 2.47. The van der Waals surface area contributed by atoms with Crippen LogP contribution < -0.4 is 5.32 Å². The van der Waals surface area contributed by atoms with Crippen LogP contribution >= 0.6 is 0 Å². The van der Waals surface area contributed by atoms with Gasteiger partial charge in [0.2, 0.25) is 11.8 Å². The molecule has 1 aliphatic rings. The minimum atomic E-state index is -0.590. The lowest BCUT2D eigenvalue weighted by Gasteiger charge is -2.27. The van der Waals surface area contributed by atoms with Crippen molar-refractivity contribution in [2.24, 2.45) is 0 Å². The summed E-state index contributed by atoms with van der Waals surface area (Å²) in [4.78, 5) is 26.2. The number of anilines is 1. The predicted octanol–water partition coefficient (Wildman–Crippen LogP) is 3.31. The normalized spacial score (nSPS) is 18.6. The van der Waals surface area contributed by atoms with Gasteiger partial charge in [-0.1, -0.05) is 25.9 Å². The number of ether oxygens (including phenoxy) is 1. The second-order valence-electron chi connectivity index (χ2n) is 8.15. The molecule has 0 aromatic carbocycles. The molecule has 1 aromatic heterocycles. The first kappa shape index (κ1) is 18.3. The van der Waals surface area contributed by atoms with Crippen molar-refractivity contribution in [2.75, 3.05) is 11.9 Å². The Kier molecular flexibility index (Phi) is 4.92. The molecule has 2 amide bonds. The molecule has 0 bridgehead atoms. The third kappa shape index (κ3) is 4.49. The molecular formula is C17H27N3O4. The van der Waals surface area contributed by atoms with Gasteiger partial charge in [0.1, 0.15) is 11.6 Å². The van der Waals surface area contributed by atoms with Crippen LogP contribution in [0.1, 0.15) is 60.1 Å². The monoisotopic (exact) mass is 337 g/mol. The second-order valence-corrected chi connectivity index (χ2v) is 8.15. The van der Waals surface area contributed by atoms with Crippen molar-refractivity contribution in [2.45, 2.75) is 71.4 Å². The summed E-state index contributed by atoms with van der Waals surface area (Å²) >= 11 is 0. The lowest BCUT2D eigenvalue weighted by Crippen LogP contribution is -2.45. The van der Waals surface area contributed by atoms with Crippen LogP contribution in [-0.2, 0) is 14.9 Å². The Bertz CT molecular complexity index is 610. The minimum absolute atomic E-state index is 0.164. The van der Waals surface area contributed by atoms with E-state index in [4.69, 9.17) is 9.26 Å². The third-order valence-corrected chi connectivity index (χ3v) is 3.71. The highest BCUT2D eigenvalue weighted by Crippen LogP contribution is 2.25. The van der Waals surface area contributed by atoms with Gasteiger partial charge in [-0.05, 0) is 33.6 Å². The van der Waals surface area contributed by atoms with E-state index in [9.17, 15) is 9.59 Å². The van der Waals surface area contributed by atoms with Crippen molar-refractivity contribution >= 4 is 17.9 Å². The summed E-state index contributed by atoms with van der Waals surface area (Å²) in [6.07, 6.45) is 0.903. The standard InChI is InChI=1S/C17H27N3O4/c1-16(2,3)12-10-13(24-19-12)18-14(21)11-8-7-9-20(11)15(22)23-17(4,5)6/h10-11H,7-9H2,1-6H3,(H,18,21)/t11-/m0/s1. The topological polar surface area (TPSA) is 84.7 Å². The molecule has 2 rings (SSSR count). The molecule has 0 spiro atoms. The zero-order valence-corrected chi connectivity index (χ0v) is 15.3. The Labute approximate surface area is 142 Å². The molecule has 1 atom stereocenters. The highest BCUT2D eigenvalue weighted by Gasteiger charge is 2.37. The number of rotatable bonds is 2. The molecule has 1 fully saturated rings. The van der Waals surface area contributed by atoms with Crippen LogP contribution in [-0.4, -0.2) is 40.2 Å². The Hall–Kier alpha value is -2.05. The fourth-order valence-electron chi connectivity index (χ4n) is 2.47. The largest absolute Gasteiger partial charge is 0.444 e. The first-order valence-electron chi connectivity index (χ1n) is 8.25.